The van der Waals surface area contributed by atoms with E-state index in [0.717, 1.165) is 32.7 Å². The summed E-state index contributed by atoms with van der Waals surface area (Å²) in [5, 5.41) is 10.5. The van der Waals surface area contributed by atoms with Crippen molar-refractivity contribution in [1.82, 2.24) is 14.7 Å². The summed E-state index contributed by atoms with van der Waals surface area (Å²) in [6.45, 7) is 6.17. The predicted molar refractivity (Wildman–Crippen MR) is 128 cm³/mol. The molecule has 0 aliphatic carbocycles. The molecule has 7 nitrogen and oxygen atoms in total. The zero-order valence-electron chi connectivity index (χ0n) is 19.3. The molecule has 3 heterocycles. The van der Waals surface area contributed by atoms with Crippen LogP contribution in [0.4, 0.5) is 0 Å². The van der Waals surface area contributed by atoms with Crippen molar-refractivity contribution in [3.05, 3.63) is 95.1 Å². The molecule has 2 aromatic rings. The summed E-state index contributed by atoms with van der Waals surface area (Å²) in [6.07, 6.45) is 2.17. The second-order valence-corrected chi connectivity index (χ2v) is 9.06. The van der Waals surface area contributed by atoms with Crippen molar-refractivity contribution in [3.8, 4) is 0 Å². The Labute approximate surface area is 200 Å². The first-order chi connectivity index (χ1) is 16.6. The molecule has 0 saturated carbocycles. The molecule has 0 radical (unpaired) electrons. The maximum absolute atomic E-state index is 12.6. The SMILES string of the molecule is O=C(COC1=COC(CN2Cc3ccccc3C2)=CC1O)N1CCN(Cc2ccccc2)CC1. The monoisotopic (exact) mass is 461 g/mol. The molecule has 34 heavy (non-hydrogen) atoms. The van der Waals surface area contributed by atoms with Crippen LogP contribution in [-0.4, -0.2) is 71.1 Å². The first-order valence-corrected chi connectivity index (χ1v) is 11.9. The molecule has 1 atom stereocenters. The number of benzene rings is 2. The molecule has 3 aliphatic rings. The van der Waals surface area contributed by atoms with Crippen molar-refractivity contribution >= 4 is 5.91 Å². The predicted octanol–water partition coefficient (Wildman–Crippen LogP) is 2.48. The average Bonchev–Trinajstić information content (AvgIpc) is 3.27. The summed E-state index contributed by atoms with van der Waals surface area (Å²) >= 11 is 0. The second-order valence-electron chi connectivity index (χ2n) is 9.06. The number of carbonyl (C=O) groups excluding carboxylic acids is 1. The van der Waals surface area contributed by atoms with E-state index in [9.17, 15) is 9.90 Å². The lowest BCUT2D eigenvalue weighted by Crippen LogP contribution is -2.49. The molecular weight excluding hydrogens is 430 g/mol. The molecule has 3 aliphatic heterocycles. The number of carbonyl (C=O) groups is 1. The van der Waals surface area contributed by atoms with Crippen LogP contribution in [0.1, 0.15) is 16.7 Å². The minimum atomic E-state index is -0.913. The van der Waals surface area contributed by atoms with Crippen LogP contribution in [0.2, 0.25) is 0 Å². The molecule has 0 bridgehead atoms. The number of fused-ring (bicyclic) bond motifs is 1. The Morgan fingerprint density at radius 3 is 2.26 bits per heavy atom. The Balaban J connectivity index is 1.04. The number of aliphatic hydroxyl groups is 1. The van der Waals surface area contributed by atoms with Gasteiger partial charge in [0.25, 0.3) is 5.91 Å². The van der Waals surface area contributed by atoms with Crippen LogP contribution < -0.4 is 0 Å². The lowest BCUT2D eigenvalue weighted by Gasteiger charge is -2.34. The summed E-state index contributed by atoms with van der Waals surface area (Å²) in [7, 11) is 0. The number of nitrogens with zero attached hydrogens (tertiary/aromatic N) is 3. The van der Waals surface area contributed by atoms with E-state index in [4.69, 9.17) is 9.47 Å². The van der Waals surface area contributed by atoms with Gasteiger partial charge < -0.3 is 19.5 Å². The Morgan fingerprint density at radius 2 is 1.59 bits per heavy atom. The standard InChI is InChI=1S/C27H31N3O4/c31-25-14-24(18-29-16-22-8-4-5-9-23(22)17-29)33-19-26(25)34-20-27(32)30-12-10-28(11-13-30)15-21-6-2-1-3-7-21/h1-9,14,19,25,31H,10-13,15-18,20H2. The highest BCUT2D eigenvalue weighted by Crippen LogP contribution is 2.25. The summed E-state index contributed by atoms with van der Waals surface area (Å²) in [6, 6.07) is 18.8. The van der Waals surface area contributed by atoms with Gasteiger partial charge in [0, 0.05) is 45.8 Å². The normalized spacial score (nSPS) is 20.9. The van der Waals surface area contributed by atoms with Gasteiger partial charge in [-0.2, -0.15) is 0 Å². The zero-order valence-corrected chi connectivity index (χ0v) is 19.3. The van der Waals surface area contributed by atoms with Gasteiger partial charge in [0.1, 0.15) is 18.1 Å². The number of hydrogen-bond donors (Lipinski definition) is 1. The van der Waals surface area contributed by atoms with Gasteiger partial charge in [0.2, 0.25) is 0 Å². The average molecular weight is 462 g/mol. The van der Waals surface area contributed by atoms with Crippen molar-refractivity contribution in [2.24, 2.45) is 0 Å². The van der Waals surface area contributed by atoms with Crippen LogP contribution in [0.25, 0.3) is 0 Å². The summed E-state index contributed by atoms with van der Waals surface area (Å²) in [5.74, 6) is 0.884. The van der Waals surface area contributed by atoms with Crippen LogP contribution >= 0.6 is 0 Å². The third-order valence-corrected chi connectivity index (χ3v) is 6.58. The molecule has 1 N–H and O–H groups in total. The van der Waals surface area contributed by atoms with E-state index in [2.05, 4.69) is 46.2 Å². The van der Waals surface area contributed by atoms with Crippen molar-refractivity contribution in [2.75, 3.05) is 39.3 Å². The van der Waals surface area contributed by atoms with E-state index in [0.29, 0.717) is 25.4 Å². The van der Waals surface area contributed by atoms with E-state index in [-0.39, 0.29) is 18.3 Å². The largest absolute Gasteiger partial charge is 0.482 e. The fourth-order valence-corrected chi connectivity index (χ4v) is 4.68. The molecule has 1 fully saturated rings. The minimum Gasteiger partial charge on any atom is -0.482 e. The molecular formula is C27H31N3O4. The van der Waals surface area contributed by atoms with Crippen LogP contribution in [-0.2, 0) is 33.9 Å². The molecule has 1 amide bonds. The third-order valence-electron chi connectivity index (χ3n) is 6.58. The quantitative estimate of drug-likeness (QED) is 0.684. The molecule has 178 valence electrons. The van der Waals surface area contributed by atoms with Crippen LogP contribution in [0, 0.1) is 0 Å². The van der Waals surface area contributed by atoms with Crippen molar-refractivity contribution < 1.29 is 19.4 Å². The lowest BCUT2D eigenvalue weighted by molar-refractivity contribution is -0.137. The van der Waals surface area contributed by atoms with Gasteiger partial charge in [-0.1, -0.05) is 54.6 Å². The highest BCUT2D eigenvalue weighted by molar-refractivity contribution is 5.77. The highest BCUT2D eigenvalue weighted by atomic mass is 16.5. The molecule has 0 aromatic heterocycles. The zero-order chi connectivity index (χ0) is 23.3. The Morgan fingerprint density at radius 1 is 0.912 bits per heavy atom. The van der Waals surface area contributed by atoms with E-state index < -0.39 is 6.10 Å². The Hall–Kier alpha value is -3.13. The number of hydrogen-bond acceptors (Lipinski definition) is 6. The first-order valence-electron chi connectivity index (χ1n) is 11.9. The van der Waals surface area contributed by atoms with Gasteiger partial charge in [-0.25, -0.2) is 0 Å². The Bertz CT molecular complexity index is 1040. The van der Waals surface area contributed by atoms with Crippen LogP contribution in [0.15, 0.2) is 78.5 Å². The first kappa shape index (κ1) is 22.7. The summed E-state index contributed by atoms with van der Waals surface area (Å²) in [4.78, 5) is 19.1. The number of piperazine rings is 1. The molecule has 7 heteroatoms. The molecule has 2 aromatic carbocycles. The topological polar surface area (TPSA) is 65.5 Å². The van der Waals surface area contributed by atoms with E-state index in [1.54, 1.807) is 6.08 Å². The number of aliphatic hydroxyl groups excluding tert-OH is 1. The fourth-order valence-electron chi connectivity index (χ4n) is 4.68. The van der Waals surface area contributed by atoms with Crippen molar-refractivity contribution in [1.29, 1.82) is 0 Å². The van der Waals surface area contributed by atoms with Gasteiger partial charge >= 0.3 is 0 Å². The molecule has 1 unspecified atom stereocenters. The van der Waals surface area contributed by atoms with Gasteiger partial charge in [-0.15, -0.1) is 0 Å². The minimum absolute atomic E-state index is 0.0722. The van der Waals surface area contributed by atoms with Crippen molar-refractivity contribution in [2.45, 2.75) is 25.7 Å². The molecule has 5 rings (SSSR count). The van der Waals surface area contributed by atoms with E-state index >= 15 is 0 Å². The summed E-state index contributed by atoms with van der Waals surface area (Å²) < 4.78 is 11.3. The second kappa shape index (κ2) is 10.4. The van der Waals surface area contributed by atoms with Gasteiger partial charge in [0.15, 0.2) is 12.4 Å². The molecule has 1 saturated heterocycles. The van der Waals surface area contributed by atoms with E-state index in [1.807, 2.05) is 23.1 Å². The molecule has 0 spiro atoms. The Kier molecular flexibility index (Phi) is 6.94. The fraction of sp³-hybridized carbons (Fsp3) is 0.370. The van der Waals surface area contributed by atoms with Gasteiger partial charge in [0.05, 0.1) is 6.54 Å². The maximum atomic E-state index is 12.6. The number of amides is 1. The third kappa shape index (κ3) is 5.50. The van der Waals surface area contributed by atoms with Crippen molar-refractivity contribution in [3.63, 3.8) is 0 Å². The highest BCUT2D eigenvalue weighted by Gasteiger charge is 2.25. The van der Waals surface area contributed by atoms with Gasteiger partial charge in [-0.3, -0.25) is 14.6 Å². The smallest absolute Gasteiger partial charge is 0.260 e. The van der Waals surface area contributed by atoms with Crippen LogP contribution in [0.3, 0.4) is 0 Å². The van der Waals surface area contributed by atoms with Gasteiger partial charge in [-0.05, 0) is 22.8 Å². The lowest BCUT2D eigenvalue weighted by atomic mass is 10.1. The number of rotatable bonds is 7. The van der Waals surface area contributed by atoms with E-state index in [1.165, 1.54) is 23.0 Å². The summed E-state index contributed by atoms with van der Waals surface area (Å²) in [5.41, 5.74) is 3.95. The maximum Gasteiger partial charge on any atom is 0.260 e. The van der Waals surface area contributed by atoms with Crippen LogP contribution in [0.5, 0.6) is 0 Å². The number of ether oxygens (including phenoxy) is 2.